The van der Waals surface area contributed by atoms with Gasteiger partial charge in [-0.3, -0.25) is 9.97 Å². The van der Waals surface area contributed by atoms with Crippen LogP contribution in [0.25, 0.3) is 21.8 Å². The normalized spacial score (nSPS) is 9.69. The molecule has 0 aliphatic heterocycles. The summed E-state index contributed by atoms with van der Waals surface area (Å²) in [4.78, 5) is 8.33. The number of benzene rings is 3. The van der Waals surface area contributed by atoms with Crippen LogP contribution in [0.4, 0.5) is 0 Å². The summed E-state index contributed by atoms with van der Waals surface area (Å²) in [5.41, 5.74) is 2.90. The quantitative estimate of drug-likeness (QED) is 0.317. The van der Waals surface area contributed by atoms with Crippen molar-refractivity contribution < 1.29 is 15.3 Å². The van der Waals surface area contributed by atoms with Crippen LogP contribution in [0.5, 0.6) is 17.2 Å². The van der Waals surface area contributed by atoms with Crippen molar-refractivity contribution in [1.82, 2.24) is 9.97 Å². The molecule has 5 nitrogen and oxygen atoms in total. The fourth-order valence-corrected chi connectivity index (χ4v) is 2.86. The summed E-state index contributed by atoms with van der Waals surface area (Å²) in [7, 11) is 0. The van der Waals surface area contributed by atoms with Gasteiger partial charge in [-0.2, -0.15) is 0 Å². The van der Waals surface area contributed by atoms with E-state index < -0.39 is 0 Å². The Morgan fingerprint density at radius 3 is 1.31 bits per heavy atom. The fourth-order valence-electron chi connectivity index (χ4n) is 2.86. The predicted molar refractivity (Wildman–Crippen MR) is 123 cm³/mol. The molecule has 0 saturated heterocycles. The fraction of sp³-hybridized carbons (Fsp3) is 0.0769. The molecule has 156 valence electrons. The van der Waals surface area contributed by atoms with Crippen molar-refractivity contribution in [3.63, 3.8) is 0 Å². The van der Waals surface area contributed by atoms with Gasteiger partial charge in [-0.05, 0) is 36.8 Å². The number of hydrogen-bond donors (Lipinski definition) is 0. The van der Waals surface area contributed by atoms with Gasteiger partial charge in [0.2, 0.25) is 0 Å². The largest absolute Gasteiger partial charge is 3.00 e. The van der Waals surface area contributed by atoms with E-state index in [4.69, 9.17) is 0 Å². The Morgan fingerprint density at radius 1 is 0.500 bits per heavy atom. The van der Waals surface area contributed by atoms with Gasteiger partial charge in [0, 0.05) is 11.4 Å². The molecule has 0 radical (unpaired) electrons. The van der Waals surface area contributed by atoms with Gasteiger partial charge in [0.15, 0.2) is 0 Å². The minimum atomic E-state index is -0.00352. The third kappa shape index (κ3) is 6.77. The average molecular weight is 479 g/mol. The Balaban J connectivity index is 0.000000174. The topological polar surface area (TPSA) is 95.0 Å². The van der Waals surface area contributed by atoms with Gasteiger partial charge in [-0.25, -0.2) is 0 Å². The van der Waals surface area contributed by atoms with E-state index in [0.717, 1.165) is 22.2 Å². The van der Waals surface area contributed by atoms with Crippen LogP contribution >= 0.6 is 0 Å². The van der Waals surface area contributed by atoms with Crippen LogP contribution < -0.4 is 15.3 Å². The molecule has 6 heteroatoms. The van der Waals surface area contributed by atoms with E-state index in [1.54, 1.807) is 24.3 Å². The number of para-hydroxylation sites is 3. The SMILES string of the molecule is Cc1ccc2cccc([O-])c2n1.Cc1ccc2cccc([O-])c2n1.[Ga+3].[O-]c1ccccc1. The monoisotopic (exact) mass is 478 g/mol. The molecule has 0 unspecified atom stereocenters. The molecule has 0 atom stereocenters. The van der Waals surface area contributed by atoms with Crippen molar-refractivity contribution >= 4 is 41.6 Å². The summed E-state index contributed by atoms with van der Waals surface area (Å²) in [6, 6.07) is 26.3. The van der Waals surface area contributed by atoms with Crippen LogP contribution in [-0.4, -0.2) is 29.8 Å². The minimum Gasteiger partial charge on any atom is -0.872 e. The second kappa shape index (κ2) is 11.8. The van der Waals surface area contributed by atoms with E-state index in [2.05, 4.69) is 9.97 Å². The molecule has 32 heavy (non-hydrogen) atoms. The number of aromatic nitrogens is 2. The number of rotatable bonds is 0. The molecule has 0 fully saturated rings. The van der Waals surface area contributed by atoms with E-state index in [1.807, 2.05) is 56.3 Å². The van der Waals surface area contributed by atoms with Crippen LogP contribution in [0.15, 0.2) is 91.0 Å². The first-order valence-electron chi connectivity index (χ1n) is 9.73. The summed E-state index contributed by atoms with van der Waals surface area (Å²) >= 11 is 0. The van der Waals surface area contributed by atoms with Crippen molar-refractivity contribution in [2.75, 3.05) is 0 Å². The second-order valence-electron chi connectivity index (χ2n) is 6.87. The maximum Gasteiger partial charge on any atom is 3.00 e. The average Bonchev–Trinajstić information content (AvgIpc) is 2.77. The summed E-state index contributed by atoms with van der Waals surface area (Å²) in [6.45, 7) is 3.76. The predicted octanol–water partition coefficient (Wildman–Crippen LogP) is 3.61. The number of fused-ring (bicyclic) bond motifs is 2. The molecule has 0 saturated carbocycles. The molecule has 0 bridgehead atoms. The van der Waals surface area contributed by atoms with Crippen molar-refractivity contribution in [1.29, 1.82) is 0 Å². The standard InChI is InChI=1S/2C10H9NO.C6H6O.Ga/c2*1-7-5-6-8-3-2-4-9(12)10(8)11-7;7-6-4-2-1-3-5-6;/h2*2-6,12H,1H3;1-5,7H;/q;;;+3/p-3. The van der Waals surface area contributed by atoms with Gasteiger partial charge in [0.1, 0.15) is 0 Å². The molecule has 0 aliphatic carbocycles. The molecule has 5 rings (SSSR count). The van der Waals surface area contributed by atoms with E-state index >= 15 is 0 Å². The smallest absolute Gasteiger partial charge is 0.872 e. The van der Waals surface area contributed by atoms with Crippen molar-refractivity contribution in [3.8, 4) is 17.2 Å². The molecular formula is C26H21GaN2O3. The van der Waals surface area contributed by atoms with E-state index in [-0.39, 0.29) is 37.0 Å². The third-order valence-corrected chi connectivity index (χ3v) is 4.39. The van der Waals surface area contributed by atoms with Crippen molar-refractivity contribution in [2.24, 2.45) is 0 Å². The van der Waals surface area contributed by atoms with Crippen LogP contribution in [0.3, 0.4) is 0 Å². The molecule has 0 amide bonds. The van der Waals surface area contributed by atoms with Gasteiger partial charge in [0.05, 0.1) is 11.0 Å². The van der Waals surface area contributed by atoms with Gasteiger partial charge < -0.3 is 15.3 Å². The Labute approximate surface area is 200 Å². The van der Waals surface area contributed by atoms with E-state index in [9.17, 15) is 15.3 Å². The number of hydrogen-bond acceptors (Lipinski definition) is 5. The first kappa shape index (κ1) is 24.8. The van der Waals surface area contributed by atoms with Gasteiger partial charge in [0.25, 0.3) is 0 Å². The summed E-state index contributed by atoms with van der Waals surface area (Å²) in [5.74, 6) is 0.0647. The van der Waals surface area contributed by atoms with Crippen LogP contribution in [0, 0.1) is 13.8 Å². The van der Waals surface area contributed by atoms with E-state index in [0.29, 0.717) is 11.0 Å². The molecule has 5 aromatic rings. The van der Waals surface area contributed by atoms with Gasteiger partial charge >= 0.3 is 19.8 Å². The molecule has 3 aromatic carbocycles. The summed E-state index contributed by atoms with van der Waals surface area (Å²) in [6.07, 6.45) is 0. The Hall–Kier alpha value is -3.48. The Morgan fingerprint density at radius 2 is 0.938 bits per heavy atom. The number of nitrogens with zero attached hydrogens (tertiary/aromatic N) is 2. The molecule has 0 N–H and O–H groups in total. The zero-order chi connectivity index (χ0) is 22.2. The maximum absolute atomic E-state index is 11.3. The third-order valence-electron chi connectivity index (χ3n) is 4.39. The molecule has 0 aliphatic rings. The van der Waals surface area contributed by atoms with Gasteiger partial charge in [-0.15, -0.1) is 5.75 Å². The first-order chi connectivity index (χ1) is 14.9. The summed E-state index contributed by atoms with van der Waals surface area (Å²) < 4.78 is 0. The zero-order valence-electron chi connectivity index (χ0n) is 17.9. The van der Waals surface area contributed by atoms with E-state index in [1.165, 1.54) is 24.3 Å². The molecule has 2 aromatic heterocycles. The molecular weight excluding hydrogens is 458 g/mol. The summed E-state index contributed by atoms with van der Waals surface area (Å²) in [5, 5.41) is 34.6. The molecule has 0 spiro atoms. The Kier molecular flexibility index (Phi) is 9.13. The van der Waals surface area contributed by atoms with Gasteiger partial charge in [-0.1, -0.05) is 90.4 Å². The maximum atomic E-state index is 11.3. The minimum absolute atomic E-state index is 0. The van der Waals surface area contributed by atoms with Crippen LogP contribution in [0.1, 0.15) is 11.4 Å². The Bertz CT molecular complexity index is 1210. The van der Waals surface area contributed by atoms with Crippen LogP contribution in [0.2, 0.25) is 0 Å². The van der Waals surface area contributed by atoms with Crippen molar-refractivity contribution in [3.05, 3.63) is 102 Å². The van der Waals surface area contributed by atoms with Crippen molar-refractivity contribution in [2.45, 2.75) is 13.8 Å². The number of pyridine rings is 2. The second-order valence-corrected chi connectivity index (χ2v) is 6.87. The number of aryl methyl sites for hydroxylation is 2. The van der Waals surface area contributed by atoms with Crippen LogP contribution in [-0.2, 0) is 0 Å². The molecule has 2 heterocycles. The first-order valence-corrected chi connectivity index (χ1v) is 9.73. The zero-order valence-corrected chi connectivity index (χ0v) is 20.3.